The Morgan fingerprint density at radius 3 is 2.78 bits per heavy atom. The molecule has 0 bridgehead atoms. The van der Waals surface area contributed by atoms with E-state index in [9.17, 15) is 13.2 Å². The van der Waals surface area contributed by atoms with Crippen LogP contribution in [0.4, 0.5) is 13.2 Å². The van der Waals surface area contributed by atoms with Crippen LogP contribution in [0.5, 0.6) is 0 Å². The molecule has 1 unspecified atom stereocenters. The van der Waals surface area contributed by atoms with Gasteiger partial charge >= 0.3 is 6.18 Å². The standard InChI is InChI=1S/C11H17F3N2OS/c1-3-8(15-2)9-6-18-10(16-9)4-5-17-7-11(12,13)14/h6,8,15H,3-5,7H2,1-2H3. The van der Waals surface area contributed by atoms with Crippen LogP contribution >= 0.6 is 11.3 Å². The topological polar surface area (TPSA) is 34.1 Å². The zero-order valence-electron chi connectivity index (χ0n) is 10.4. The number of rotatable bonds is 7. The second-order valence-electron chi connectivity index (χ2n) is 3.83. The van der Waals surface area contributed by atoms with E-state index in [1.807, 2.05) is 19.4 Å². The minimum Gasteiger partial charge on any atom is -0.372 e. The predicted octanol–water partition coefficient (Wildman–Crippen LogP) is 2.94. The van der Waals surface area contributed by atoms with Crippen molar-refractivity contribution in [2.24, 2.45) is 0 Å². The molecule has 0 aliphatic carbocycles. The van der Waals surface area contributed by atoms with E-state index in [0.717, 1.165) is 17.1 Å². The fourth-order valence-electron chi connectivity index (χ4n) is 1.51. The summed E-state index contributed by atoms with van der Waals surface area (Å²) in [5, 5.41) is 5.87. The summed E-state index contributed by atoms with van der Waals surface area (Å²) in [6, 6.07) is 0.200. The van der Waals surface area contributed by atoms with Crippen LogP contribution < -0.4 is 5.32 Å². The van der Waals surface area contributed by atoms with Crippen LogP contribution in [0.25, 0.3) is 0 Å². The van der Waals surface area contributed by atoms with Gasteiger partial charge in [-0.3, -0.25) is 0 Å². The van der Waals surface area contributed by atoms with E-state index in [1.54, 1.807) is 0 Å². The van der Waals surface area contributed by atoms with Gasteiger partial charge < -0.3 is 10.1 Å². The average Bonchev–Trinajstić information content (AvgIpc) is 2.74. The average molecular weight is 282 g/mol. The smallest absolute Gasteiger partial charge is 0.372 e. The fraction of sp³-hybridized carbons (Fsp3) is 0.727. The Hall–Kier alpha value is -0.660. The maximum absolute atomic E-state index is 11.8. The van der Waals surface area contributed by atoms with E-state index in [1.165, 1.54) is 11.3 Å². The molecule has 3 nitrogen and oxygen atoms in total. The first-order chi connectivity index (χ1) is 8.46. The van der Waals surface area contributed by atoms with Crippen molar-refractivity contribution >= 4 is 11.3 Å². The second kappa shape index (κ2) is 7.06. The van der Waals surface area contributed by atoms with Crippen molar-refractivity contribution in [1.82, 2.24) is 10.3 Å². The molecule has 0 aliphatic heterocycles. The van der Waals surface area contributed by atoms with Gasteiger partial charge in [-0.1, -0.05) is 6.92 Å². The molecule has 1 N–H and O–H groups in total. The van der Waals surface area contributed by atoms with Crippen molar-refractivity contribution in [2.75, 3.05) is 20.3 Å². The zero-order chi connectivity index (χ0) is 13.6. The van der Waals surface area contributed by atoms with E-state index in [0.29, 0.717) is 6.42 Å². The molecule has 0 saturated heterocycles. The molecular weight excluding hydrogens is 265 g/mol. The number of aromatic nitrogens is 1. The summed E-state index contributed by atoms with van der Waals surface area (Å²) >= 11 is 1.45. The van der Waals surface area contributed by atoms with Crippen molar-refractivity contribution in [3.05, 3.63) is 16.1 Å². The number of hydrogen-bond acceptors (Lipinski definition) is 4. The molecule has 0 radical (unpaired) electrons. The maximum Gasteiger partial charge on any atom is 0.411 e. The molecule has 18 heavy (non-hydrogen) atoms. The van der Waals surface area contributed by atoms with Crippen molar-refractivity contribution in [3.63, 3.8) is 0 Å². The Balaban J connectivity index is 2.35. The number of hydrogen-bond donors (Lipinski definition) is 1. The summed E-state index contributed by atoms with van der Waals surface area (Å²) in [6.45, 7) is 0.898. The number of alkyl halides is 3. The number of nitrogens with zero attached hydrogens (tertiary/aromatic N) is 1. The molecule has 0 aromatic carbocycles. The minimum atomic E-state index is -4.26. The van der Waals surface area contributed by atoms with Crippen LogP contribution in [-0.2, 0) is 11.2 Å². The third kappa shape index (κ3) is 5.32. The largest absolute Gasteiger partial charge is 0.411 e. The second-order valence-corrected chi connectivity index (χ2v) is 4.78. The molecule has 1 rings (SSSR count). The first-order valence-electron chi connectivity index (χ1n) is 5.72. The third-order valence-electron chi connectivity index (χ3n) is 2.41. The third-order valence-corrected chi connectivity index (χ3v) is 3.34. The summed E-state index contributed by atoms with van der Waals surface area (Å²) < 4.78 is 40.1. The van der Waals surface area contributed by atoms with Gasteiger partial charge in [0.2, 0.25) is 0 Å². The predicted molar refractivity (Wildman–Crippen MR) is 64.8 cm³/mol. The number of thiazole rings is 1. The van der Waals surface area contributed by atoms with Crippen molar-refractivity contribution in [1.29, 1.82) is 0 Å². The Bertz CT molecular complexity index is 350. The first-order valence-corrected chi connectivity index (χ1v) is 6.60. The highest BCUT2D eigenvalue weighted by atomic mass is 32.1. The number of ether oxygens (including phenoxy) is 1. The molecule has 1 atom stereocenters. The molecule has 1 aromatic rings. The quantitative estimate of drug-likeness (QED) is 0.781. The highest BCUT2D eigenvalue weighted by Gasteiger charge is 2.27. The Labute approximate surface area is 108 Å². The highest BCUT2D eigenvalue weighted by Crippen LogP contribution is 2.20. The molecule has 0 spiro atoms. The van der Waals surface area contributed by atoms with Gasteiger partial charge in [0, 0.05) is 17.8 Å². The molecule has 0 saturated carbocycles. The van der Waals surface area contributed by atoms with Gasteiger partial charge in [-0.2, -0.15) is 13.2 Å². The molecule has 0 amide bonds. The summed E-state index contributed by atoms with van der Waals surface area (Å²) in [5.74, 6) is 0. The molecule has 0 aliphatic rings. The summed E-state index contributed by atoms with van der Waals surface area (Å²) in [7, 11) is 1.86. The Morgan fingerprint density at radius 2 is 2.22 bits per heavy atom. The number of halogens is 3. The van der Waals surface area contributed by atoms with E-state index in [2.05, 4.69) is 15.0 Å². The van der Waals surface area contributed by atoms with Gasteiger partial charge in [0.1, 0.15) is 6.61 Å². The van der Waals surface area contributed by atoms with Gasteiger partial charge in [0.05, 0.1) is 17.3 Å². The van der Waals surface area contributed by atoms with E-state index < -0.39 is 12.8 Å². The molecule has 1 heterocycles. The molecule has 0 fully saturated rings. The lowest BCUT2D eigenvalue weighted by atomic mass is 10.2. The van der Waals surface area contributed by atoms with Crippen LogP contribution in [0.1, 0.15) is 30.1 Å². The van der Waals surface area contributed by atoms with E-state index >= 15 is 0 Å². The van der Waals surface area contributed by atoms with Gasteiger partial charge in [0.25, 0.3) is 0 Å². The fourth-order valence-corrected chi connectivity index (χ4v) is 2.34. The Morgan fingerprint density at radius 1 is 1.50 bits per heavy atom. The van der Waals surface area contributed by atoms with Crippen LogP contribution in [0, 0.1) is 0 Å². The molecule has 104 valence electrons. The van der Waals surface area contributed by atoms with Gasteiger partial charge in [-0.25, -0.2) is 4.98 Å². The molecule has 7 heteroatoms. The van der Waals surface area contributed by atoms with Crippen LogP contribution in [0.3, 0.4) is 0 Å². The van der Waals surface area contributed by atoms with E-state index in [-0.39, 0.29) is 12.6 Å². The van der Waals surface area contributed by atoms with Gasteiger partial charge in [0.15, 0.2) is 0 Å². The molecule has 1 aromatic heterocycles. The lowest BCUT2D eigenvalue weighted by Crippen LogP contribution is -2.18. The lowest BCUT2D eigenvalue weighted by Gasteiger charge is -2.09. The van der Waals surface area contributed by atoms with Crippen molar-refractivity contribution in [2.45, 2.75) is 32.0 Å². The van der Waals surface area contributed by atoms with Crippen molar-refractivity contribution < 1.29 is 17.9 Å². The monoisotopic (exact) mass is 282 g/mol. The minimum absolute atomic E-state index is 0.0445. The summed E-state index contributed by atoms with van der Waals surface area (Å²) in [5.41, 5.74) is 0.941. The van der Waals surface area contributed by atoms with Crippen LogP contribution in [-0.4, -0.2) is 31.4 Å². The molecular formula is C11H17F3N2OS. The lowest BCUT2D eigenvalue weighted by molar-refractivity contribution is -0.173. The summed E-state index contributed by atoms with van der Waals surface area (Å²) in [4.78, 5) is 4.38. The SMILES string of the molecule is CCC(NC)c1csc(CCOCC(F)(F)F)n1. The normalized spacial score (nSPS) is 13.8. The highest BCUT2D eigenvalue weighted by molar-refractivity contribution is 7.09. The first kappa shape index (κ1) is 15.4. The van der Waals surface area contributed by atoms with Crippen molar-refractivity contribution in [3.8, 4) is 0 Å². The van der Waals surface area contributed by atoms with E-state index in [4.69, 9.17) is 0 Å². The van der Waals surface area contributed by atoms with Crippen LogP contribution in [0.15, 0.2) is 5.38 Å². The number of nitrogens with one attached hydrogen (secondary N) is 1. The van der Waals surface area contributed by atoms with Crippen LogP contribution in [0.2, 0.25) is 0 Å². The Kier molecular flexibility index (Phi) is 6.04. The maximum atomic E-state index is 11.8. The summed E-state index contributed by atoms with van der Waals surface area (Å²) in [6.07, 6.45) is -2.92. The zero-order valence-corrected chi connectivity index (χ0v) is 11.2. The van der Waals surface area contributed by atoms with Gasteiger partial charge in [-0.05, 0) is 13.5 Å². The van der Waals surface area contributed by atoms with Gasteiger partial charge in [-0.15, -0.1) is 11.3 Å².